The first-order valence-electron chi connectivity index (χ1n) is 8.08. The van der Waals surface area contributed by atoms with E-state index in [4.69, 9.17) is 5.11 Å². The van der Waals surface area contributed by atoms with Gasteiger partial charge in [0.05, 0.1) is 0 Å². The lowest BCUT2D eigenvalue weighted by Crippen LogP contribution is -2.32. The van der Waals surface area contributed by atoms with E-state index < -0.39 is 5.97 Å². The number of hydrogen-bond donors (Lipinski definition) is 3. The highest BCUT2D eigenvalue weighted by atomic mass is 16.4. The molecular weight excluding hydrogens is 268 g/mol. The molecule has 1 unspecified atom stereocenters. The van der Waals surface area contributed by atoms with Crippen LogP contribution in [0.15, 0.2) is 0 Å². The third-order valence-electron chi connectivity index (χ3n) is 4.32. The van der Waals surface area contributed by atoms with Gasteiger partial charge in [-0.2, -0.15) is 0 Å². The Morgan fingerprint density at radius 2 is 2.05 bits per heavy atom. The maximum absolute atomic E-state index is 11.8. The molecule has 1 aliphatic heterocycles. The third-order valence-corrected chi connectivity index (χ3v) is 4.32. The van der Waals surface area contributed by atoms with E-state index >= 15 is 0 Å². The molecule has 0 saturated carbocycles. The molecule has 1 saturated heterocycles. The van der Waals surface area contributed by atoms with E-state index in [2.05, 4.69) is 24.5 Å². The zero-order valence-corrected chi connectivity index (χ0v) is 13.4. The quantitative estimate of drug-likeness (QED) is 0.609. The number of amides is 1. The number of carboxylic acid groups (broad SMARTS) is 1. The third kappa shape index (κ3) is 8.71. The lowest BCUT2D eigenvalue weighted by atomic mass is 9.84. The summed E-state index contributed by atoms with van der Waals surface area (Å²) in [4.78, 5) is 22.4. The first-order valence-corrected chi connectivity index (χ1v) is 8.08. The molecule has 0 radical (unpaired) electrons. The lowest BCUT2D eigenvalue weighted by Gasteiger charge is -2.24. The predicted octanol–water partition coefficient (Wildman–Crippen LogP) is 2.16. The van der Waals surface area contributed by atoms with Crippen molar-refractivity contribution in [1.82, 2.24) is 10.6 Å². The zero-order chi connectivity index (χ0) is 15.7. The summed E-state index contributed by atoms with van der Waals surface area (Å²) in [7, 11) is 0. The molecule has 1 atom stereocenters. The van der Waals surface area contributed by atoms with Gasteiger partial charge in [0.2, 0.25) is 5.91 Å². The highest BCUT2D eigenvalue weighted by molar-refractivity contribution is 5.75. The van der Waals surface area contributed by atoms with Gasteiger partial charge in [0, 0.05) is 19.4 Å². The molecule has 1 fully saturated rings. The van der Waals surface area contributed by atoms with E-state index in [0.29, 0.717) is 25.3 Å². The summed E-state index contributed by atoms with van der Waals surface area (Å²) in [5, 5.41) is 15.0. The molecule has 1 heterocycles. The average Bonchev–Trinajstić information content (AvgIpc) is 2.44. The molecule has 1 amide bonds. The number of nitrogens with one attached hydrogen (secondary N) is 2. The van der Waals surface area contributed by atoms with E-state index in [9.17, 15) is 9.59 Å². The molecular formula is C16H30N2O3. The lowest BCUT2D eigenvalue weighted by molar-refractivity contribution is -0.137. The van der Waals surface area contributed by atoms with E-state index in [1.54, 1.807) is 0 Å². The number of piperidine rings is 1. The molecule has 1 rings (SSSR count). The minimum Gasteiger partial charge on any atom is -0.481 e. The Balaban J connectivity index is 2.10. The van der Waals surface area contributed by atoms with Crippen molar-refractivity contribution in [3.8, 4) is 0 Å². The summed E-state index contributed by atoms with van der Waals surface area (Å²) in [6.07, 6.45) is 5.65. The average molecular weight is 298 g/mol. The van der Waals surface area contributed by atoms with Crippen molar-refractivity contribution < 1.29 is 14.7 Å². The van der Waals surface area contributed by atoms with Crippen LogP contribution >= 0.6 is 0 Å². The Labute approximate surface area is 127 Å². The molecule has 0 aliphatic carbocycles. The molecule has 0 aromatic heterocycles. The summed E-state index contributed by atoms with van der Waals surface area (Å²) >= 11 is 0. The van der Waals surface area contributed by atoms with Crippen molar-refractivity contribution in [3.63, 3.8) is 0 Å². The molecule has 122 valence electrons. The van der Waals surface area contributed by atoms with Crippen LogP contribution in [0.1, 0.15) is 58.8 Å². The van der Waals surface area contributed by atoms with Crippen molar-refractivity contribution in [2.24, 2.45) is 11.3 Å². The van der Waals surface area contributed by atoms with Crippen LogP contribution in [0.2, 0.25) is 0 Å². The van der Waals surface area contributed by atoms with E-state index in [-0.39, 0.29) is 17.7 Å². The van der Waals surface area contributed by atoms with Gasteiger partial charge in [0.1, 0.15) is 0 Å². The Morgan fingerprint density at radius 3 is 2.67 bits per heavy atom. The van der Waals surface area contributed by atoms with Crippen molar-refractivity contribution in [2.45, 2.75) is 58.8 Å². The van der Waals surface area contributed by atoms with Gasteiger partial charge in [0.25, 0.3) is 0 Å². The van der Waals surface area contributed by atoms with Gasteiger partial charge >= 0.3 is 5.97 Å². The van der Waals surface area contributed by atoms with Crippen LogP contribution in [0.4, 0.5) is 0 Å². The highest BCUT2D eigenvalue weighted by Crippen LogP contribution is 2.26. The highest BCUT2D eigenvalue weighted by Gasteiger charge is 2.19. The van der Waals surface area contributed by atoms with Gasteiger partial charge in [-0.15, -0.1) is 0 Å². The van der Waals surface area contributed by atoms with Crippen LogP contribution in [0, 0.1) is 11.3 Å². The van der Waals surface area contributed by atoms with Crippen molar-refractivity contribution in [2.75, 3.05) is 19.6 Å². The second-order valence-corrected chi connectivity index (χ2v) is 6.91. The Morgan fingerprint density at radius 1 is 1.29 bits per heavy atom. The summed E-state index contributed by atoms with van der Waals surface area (Å²) in [6, 6.07) is 0. The van der Waals surface area contributed by atoms with Crippen molar-refractivity contribution >= 4 is 11.9 Å². The maximum atomic E-state index is 11.8. The van der Waals surface area contributed by atoms with Crippen LogP contribution in [0.25, 0.3) is 0 Å². The maximum Gasteiger partial charge on any atom is 0.303 e. The number of carbonyl (C=O) groups excluding carboxylic acids is 1. The van der Waals surface area contributed by atoms with Gasteiger partial charge in [-0.05, 0) is 56.5 Å². The Hall–Kier alpha value is -1.10. The normalized spacial score (nSPS) is 19.2. The smallest absolute Gasteiger partial charge is 0.303 e. The first kappa shape index (κ1) is 18.0. The Kier molecular flexibility index (Phi) is 7.72. The number of aliphatic carboxylic acids is 1. The van der Waals surface area contributed by atoms with Crippen LogP contribution in [0.5, 0.6) is 0 Å². The van der Waals surface area contributed by atoms with E-state index in [1.807, 2.05) is 0 Å². The van der Waals surface area contributed by atoms with Crippen LogP contribution in [-0.2, 0) is 9.59 Å². The minimum atomic E-state index is -0.756. The largest absolute Gasteiger partial charge is 0.481 e. The molecule has 0 bridgehead atoms. The number of rotatable bonds is 9. The molecule has 5 heteroatoms. The minimum absolute atomic E-state index is 0.0427. The number of hydrogen-bond acceptors (Lipinski definition) is 3. The fourth-order valence-corrected chi connectivity index (χ4v) is 2.70. The molecule has 3 N–H and O–H groups in total. The van der Waals surface area contributed by atoms with Gasteiger partial charge in [-0.25, -0.2) is 0 Å². The number of carbonyl (C=O) groups is 2. The summed E-state index contributed by atoms with van der Waals surface area (Å²) in [5.41, 5.74) is -0.0427. The van der Waals surface area contributed by atoms with E-state index in [1.165, 1.54) is 12.8 Å². The van der Waals surface area contributed by atoms with Crippen molar-refractivity contribution in [1.29, 1.82) is 0 Å². The monoisotopic (exact) mass is 298 g/mol. The van der Waals surface area contributed by atoms with Crippen LogP contribution in [-0.4, -0.2) is 36.6 Å². The zero-order valence-electron chi connectivity index (χ0n) is 13.4. The second-order valence-electron chi connectivity index (χ2n) is 6.91. The first-order chi connectivity index (χ1) is 9.89. The standard InChI is InChI=1S/C16H30N2O3/c1-16(2,8-7-15(20)21)9-11-18-14(19)6-5-13-4-3-10-17-12-13/h13,17H,3-12H2,1-2H3,(H,18,19)(H,20,21). The predicted molar refractivity (Wildman–Crippen MR) is 83.1 cm³/mol. The molecule has 1 aliphatic rings. The molecule has 0 aromatic rings. The summed E-state index contributed by atoms with van der Waals surface area (Å²) < 4.78 is 0. The fraction of sp³-hybridized carbons (Fsp3) is 0.875. The molecule has 0 spiro atoms. The fourth-order valence-electron chi connectivity index (χ4n) is 2.70. The summed E-state index contributed by atoms with van der Waals surface area (Å²) in [6.45, 7) is 6.88. The molecule has 0 aromatic carbocycles. The second kappa shape index (κ2) is 9.03. The Bertz CT molecular complexity index is 336. The van der Waals surface area contributed by atoms with Gasteiger partial charge < -0.3 is 15.7 Å². The van der Waals surface area contributed by atoms with Crippen molar-refractivity contribution in [3.05, 3.63) is 0 Å². The van der Waals surface area contributed by atoms with Gasteiger partial charge in [0.15, 0.2) is 0 Å². The number of carboxylic acids is 1. The van der Waals surface area contributed by atoms with Gasteiger partial charge in [-0.3, -0.25) is 9.59 Å². The SMILES string of the molecule is CC(C)(CCNC(=O)CCC1CCCNC1)CCC(=O)O. The molecule has 5 nitrogen and oxygen atoms in total. The van der Waals surface area contributed by atoms with Gasteiger partial charge in [-0.1, -0.05) is 13.8 Å². The van der Waals surface area contributed by atoms with E-state index in [0.717, 1.165) is 25.9 Å². The van der Waals surface area contributed by atoms with Crippen LogP contribution in [0.3, 0.4) is 0 Å². The topological polar surface area (TPSA) is 78.4 Å². The summed E-state index contributed by atoms with van der Waals surface area (Å²) in [5.74, 6) is -0.000632. The molecule has 21 heavy (non-hydrogen) atoms. The van der Waals surface area contributed by atoms with Crippen LogP contribution < -0.4 is 10.6 Å².